The smallest absolute Gasteiger partial charge is 0.355 e. The van der Waals surface area contributed by atoms with Gasteiger partial charge < -0.3 is 13.9 Å². The van der Waals surface area contributed by atoms with Crippen molar-refractivity contribution in [2.75, 3.05) is 13.7 Å². The number of benzene rings is 2. The first-order valence-corrected chi connectivity index (χ1v) is 8.37. The van der Waals surface area contributed by atoms with E-state index >= 15 is 0 Å². The van der Waals surface area contributed by atoms with Crippen LogP contribution in [0.25, 0.3) is 27.2 Å². The van der Waals surface area contributed by atoms with Gasteiger partial charge in [-0.3, -0.25) is 0 Å². The minimum atomic E-state index is -0.504. The van der Waals surface area contributed by atoms with Crippen molar-refractivity contribution in [2.24, 2.45) is 0 Å². The van der Waals surface area contributed by atoms with Crippen LogP contribution in [0.5, 0.6) is 0 Å². The third kappa shape index (κ3) is 2.32. The van der Waals surface area contributed by atoms with Crippen molar-refractivity contribution in [3.63, 3.8) is 0 Å². The molecule has 0 spiro atoms. The zero-order valence-electron chi connectivity index (χ0n) is 14.5. The van der Waals surface area contributed by atoms with Crippen LogP contribution < -0.4 is 0 Å². The Morgan fingerprint density at radius 2 is 1.69 bits per heavy atom. The Hall–Kier alpha value is -3.34. The standard InChI is InChI=1S/C21H17NO4/c1-3-26-20(23)16-12-19(21(24)25-2)22-17-10-8-13-6-4-5-7-14(13)15(17)9-11-18(16)22/h4-12H,3H2,1-2H3. The van der Waals surface area contributed by atoms with Crippen LogP contribution in [-0.2, 0) is 9.47 Å². The van der Waals surface area contributed by atoms with E-state index in [1.54, 1.807) is 11.3 Å². The fourth-order valence-corrected chi connectivity index (χ4v) is 3.39. The van der Waals surface area contributed by atoms with Gasteiger partial charge in [-0.25, -0.2) is 9.59 Å². The van der Waals surface area contributed by atoms with Gasteiger partial charge in [0.2, 0.25) is 0 Å². The maximum absolute atomic E-state index is 12.3. The summed E-state index contributed by atoms with van der Waals surface area (Å²) in [6.07, 6.45) is 0. The number of carbonyl (C=O) groups is 2. The van der Waals surface area contributed by atoms with Crippen LogP contribution in [0, 0.1) is 0 Å². The quantitative estimate of drug-likeness (QED) is 0.411. The van der Waals surface area contributed by atoms with Crippen molar-refractivity contribution in [1.29, 1.82) is 0 Å². The minimum absolute atomic E-state index is 0.266. The van der Waals surface area contributed by atoms with Gasteiger partial charge in [0.25, 0.3) is 0 Å². The second-order valence-electron chi connectivity index (χ2n) is 5.93. The van der Waals surface area contributed by atoms with E-state index in [-0.39, 0.29) is 6.61 Å². The SMILES string of the molecule is CCOC(=O)c1cc(C(=O)OC)n2c1ccc1c3ccccc3ccc12. The molecule has 0 unspecified atom stereocenters. The van der Waals surface area contributed by atoms with Gasteiger partial charge in [0, 0.05) is 5.39 Å². The van der Waals surface area contributed by atoms with E-state index in [1.807, 2.05) is 48.5 Å². The molecule has 0 aliphatic heterocycles. The second kappa shape index (κ2) is 6.19. The van der Waals surface area contributed by atoms with Crippen molar-refractivity contribution in [2.45, 2.75) is 6.92 Å². The van der Waals surface area contributed by atoms with Crippen LogP contribution in [0.2, 0.25) is 0 Å². The zero-order valence-corrected chi connectivity index (χ0v) is 14.5. The highest BCUT2D eigenvalue weighted by molar-refractivity contribution is 6.10. The molecule has 5 nitrogen and oxygen atoms in total. The van der Waals surface area contributed by atoms with Gasteiger partial charge in [-0.1, -0.05) is 36.4 Å². The number of fused-ring (bicyclic) bond motifs is 5. The minimum Gasteiger partial charge on any atom is -0.464 e. The second-order valence-corrected chi connectivity index (χ2v) is 5.93. The van der Waals surface area contributed by atoms with E-state index in [4.69, 9.17) is 9.47 Å². The number of pyridine rings is 1. The summed E-state index contributed by atoms with van der Waals surface area (Å²) in [4.78, 5) is 24.7. The number of ether oxygens (including phenoxy) is 2. The summed E-state index contributed by atoms with van der Waals surface area (Å²) in [5.74, 6) is -0.962. The van der Waals surface area contributed by atoms with Crippen molar-refractivity contribution in [3.05, 3.63) is 65.9 Å². The maximum atomic E-state index is 12.3. The molecule has 2 aromatic heterocycles. The van der Waals surface area contributed by atoms with Gasteiger partial charge in [0.05, 0.1) is 30.3 Å². The molecule has 0 N–H and O–H groups in total. The molecule has 5 heteroatoms. The lowest BCUT2D eigenvalue weighted by atomic mass is 10.0. The van der Waals surface area contributed by atoms with Crippen LogP contribution >= 0.6 is 0 Å². The molecule has 4 rings (SSSR count). The molecule has 0 fully saturated rings. The number of carbonyl (C=O) groups excluding carboxylic acids is 2. The molecule has 0 saturated heterocycles. The highest BCUT2D eigenvalue weighted by Gasteiger charge is 2.22. The Bertz CT molecular complexity index is 1170. The lowest BCUT2D eigenvalue weighted by Crippen LogP contribution is -2.05. The van der Waals surface area contributed by atoms with E-state index < -0.39 is 11.9 Å². The topological polar surface area (TPSA) is 57.0 Å². The van der Waals surface area contributed by atoms with Crippen molar-refractivity contribution in [3.8, 4) is 0 Å². The van der Waals surface area contributed by atoms with Crippen molar-refractivity contribution < 1.29 is 19.1 Å². The fourth-order valence-electron chi connectivity index (χ4n) is 3.39. The Balaban J connectivity index is 2.13. The van der Waals surface area contributed by atoms with Crippen molar-refractivity contribution >= 4 is 39.1 Å². The molecule has 4 aromatic rings. The van der Waals surface area contributed by atoms with E-state index in [1.165, 1.54) is 13.2 Å². The number of aromatic nitrogens is 1. The molecule has 0 aliphatic rings. The van der Waals surface area contributed by atoms with Gasteiger partial charge in [-0.05, 0) is 35.9 Å². The highest BCUT2D eigenvalue weighted by Crippen LogP contribution is 2.30. The Kier molecular flexibility index (Phi) is 3.84. The zero-order chi connectivity index (χ0) is 18.3. The first-order valence-electron chi connectivity index (χ1n) is 8.37. The first kappa shape index (κ1) is 16.1. The van der Waals surface area contributed by atoms with Crippen molar-refractivity contribution in [1.82, 2.24) is 4.40 Å². The molecule has 0 radical (unpaired) electrons. The van der Waals surface area contributed by atoms with Crippen LogP contribution in [0.1, 0.15) is 27.8 Å². The summed E-state index contributed by atoms with van der Waals surface area (Å²) in [6, 6.07) is 17.3. The van der Waals surface area contributed by atoms with E-state index in [2.05, 4.69) is 0 Å². The summed E-state index contributed by atoms with van der Waals surface area (Å²) >= 11 is 0. The third-order valence-corrected chi connectivity index (χ3v) is 4.53. The first-order chi connectivity index (χ1) is 12.7. The number of hydrogen-bond donors (Lipinski definition) is 0. The Morgan fingerprint density at radius 1 is 0.923 bits per heavy atom. The van der Waals surface area contributed by atoms with E-state index in [0.29, 0.717) is 16.8 Å². The van der Waals surface area contributed by atoms with Gasteiger partial charge in [-0.15, -0.1) is 0 Å². The highest BCUT2D eigenvalue weighted by atomic mass is 16.5. The lowest BCUT2D eigenvalue weighted by molar-refractivity contribution is 0.0528. The lowest BCUT2D eigenvalue weighted by Gasteiger charge is -2.09. The predicted octanol–water partition coefficient (Wildman–Crippen LogP) is 4.21. The van der Waals surface area contributed by atoms with E-state index in [9.17, 15) is 9.59 Å². The number of hydrogen-bond acceptors (Lipinski definition) is 4. The average molecular weight is 347 g/mol. The van der Waals surface area contributed by atoms with Crippen LogP contribution in [0.3, 0.4) is 0 Å². The largest absolute Gasteiger partial charge is 0.464 e. The monoisotopic (exact) mass is 347 g/mol. The summed E-state index contributed by atoms with van der Waals surface area (Å²) in [5.41, 5.74) is 2.09. The maximum Gasteiger partial charge on any atom is 0.355 e. The van der Waals surface area contributed by atoms with Gasteiger partial charge in [-0.2, -0.15) is 0 Å². The third-order valence-electron chi connectivity index (χ3n) is 4.53. The summed E-state index contributed by atoms with van der Waals surface area (Å²) < 4.78 is 11.8. The molecular weight excluding hydrogens is 330 g/mol. The van der Waals surface area contributed by atoms with E-state index in [0.717, 1.165) is 21.7 Å². The van der Waals surface area contributed by atoms with Crippen LogP contribution in [0.15, 0.2) is 54.6 Å². The molecule has 2 heterocycles. The molecule has 0 bridgehead atoms. The Labute approximate surface area is 149 Å². The molecule has 0 amide bonds. The molecular formula is C21H17NO4. The molecule has 2 aromatic carbocycles. The molecule has 0 atom stereocenters. The summed E-state index contributed by atoms with van der Waals surface area (Å²) in [7, 11) is 1.33. The summed E-state index contributed by atoms with van der Waals surface area (Å²) in [5, 5.41) is 3.18. The Morgan fingerprint density at radius 3 is 2.46 bits per heavy atom. The number of nitrogens with zero attached hydrogens (tertiary/aromatic N) is 1. The number of rotatable bonds is 3. The normalized spacial score (nSPS) is 11.2. The molecule has 26 heavy (non-hydrogen) atoms. The molecule has 0 aliphatic carbocycles. The summed E-state index contributed by atoms with van der Waals surface area (Å²) in [6.45, 7) is 2.01. The van der Waals surface area contributed by atoms with Gasteiger partial charge in [0.1, 0.15) is 5.69 Å². The van der Waals surface area contributed by atoms with Gasteiger partial charge >= 0.3 is 11.9 Å². The van der Waals surface area contributed by atoms with Crippen LogP contribution in [-0.4, -0.2) is 30.1 Å². The van der Waals surface area contributed by atoms with Gasteiger partial charge in [0.15, 0.2) is 0 Å². The predicted molar refractivity (Wildman–Crippen MR) is 99.7 cm³/mol. The average Bonchev–Trinajstić information content (AvgIpc) is 3.07. The number of esters is 2. The van der Waals surface area contributed by atoms with Crippen LogP contribution in [0.4, 0.5) is 0 Å². The number of methoxy groups -OCH3 is 1. The fraction of sp³-hybridized carbons (Fsp3) is 0.143. The molecule has 0 saturated carbocycles. The molecule has 130 valence electrons.